The Kier molecular flexibility index (Phi) is 4.03. The van der Waals surface area contributed by atoms with Gasteiger partial charge in [0.2, 0.25) is 0 Å². The van der Waals surface area contributed by atoms with Crippen molar-refractivity contribution in [2.45, 2.75) is 37.9 Å². The summed E-state index contributed by atoms with van der Waals surface area (Å²) >= 11 is 0. The Morgan fingerprint density at radius 2 is 1.55 bits per heavy atom. The summed E-state index contributed by atoms with van der Waals surface area (Å²) in [4.78, 5) is 0. The van der Waals surface area contributed by atoms with Gasteiger partial charge in [0.1, 0.15) is 11.9 Å². The first-order valence-electron chi connectivity index (χ1n) is 7.31. The molecule has 1 N–H and O–H groups in total. The zero-order valence-electron chi connectivity index (χ0n) is 11.5. The molecule has 0 aliphatic heterocycles. The summed E-state index contributed by atoms with van der Waals surface area (Å²) in [6.45, 7) is 0. The third-order valence-corrected chi connectivity index (χ3v) is 3.86. The van der Waals surface area contributed by atoms with Crippen molar-refractivity contribution < 1.29 is 9.84 Å². The minimum atomic E-state index is -0.197. The van der Waals surface area contributed by atoms with Crippen molar-refractivity contribution in [3.05, 3.63) is 54.6 Å². The molecular weight excluding hydrogens is 248 g/mol. The highest BCUT2D eigenvalue weighted by Gasteiger charge is 2.21. The normalized spacial score (nSPS) is 22.4. The van der Waals surface area contributed by atoms with Crippen molar-refractivity contribution in [1.82, 2.24) is 0 Å². The Balaban J connectivity index is 1.67. The zero-order valence-corrected chi connectivity index (χ0v) is 11.5. The van der Waals surface area contributed by atoms with E-state index < -0.39 is 0 Å². The van der Waals surface area contributed by atoms with Gasteiger partial charge in [0.25, 0.3) is 0 Å². The molecule has 0 radical (unpaired) electrons. The molecule has 20 heavy (non-hydrogen) atoms. The quantitative estimate of drug-likeness (QED) is 0.910. The van der Waals surface area contributed by atoms with E-state index in [0.29, 0.717) is 0 Å². The molecule has 2 heteroatoms. The summed E-state index contributed by atoms with van der Waals surface area (Å²) in [7, 11) is 0. The number of aliphatic hydroxyl groups excluding tert-OH is 1. The van der Waals surface area contributed by atoms with Crippen LogP contribution in [0.2, 0.25) is 0 Å². The first kappa shape index (κ1) is 13.2. The number of hydrogen-bond donors (Lipinski definition) is 1. The van der Waals surface area contributed by atoms with Crippen LogP contribution < -0.4 is 4.74 Å². The maximum atomic E-state index is 9.67. The van der Waals surface area contributed by atoms with Crippen LogP contribution in [-0.4, -0.2) is 17.3 Å². The molecule has 1 aliphatic carbocycles. The fourth-order valence-corrected chi connectivity index (χ4v) is 2.78. The van der Waals surface area contributed by atoms with Crippen LogP contribution in [0.1, 0.15) is 25.7 Å². The van der Waals surface area contributed by atoms with Gasteiger partial charge in [-0.05, 0) is 42.5 Å². The van der Waals surface area contributed by atoms with Gasteiger partial charge in [-0.3, -0.25) is 0 Å². The summed E-state index contributed by atoms with van der Waals surface area (Å²) in [5.41, 5.74) is 2.41. The Morgan fingerprint density at radius 3 is 2.25 bits per heavy atom. The largest absolute Gasteiger partial charge is 0.490 e. The molecule has 0 saturated heterocycles. The maximum Gasteiger partial charge on any atom is 0.119 e. The fraction of sp³-hybridized carbons (Fsp3) is 0.333. The molecule has 0 bridgehead atoms. The average molecular weight is 268 g/mol. The van der Waals surface area contributed by atoms with E-state index in [2.05, 4.69) is 24.3 Å². The summed E-state index contributed by atoms with van der Waals surface area (Å²) < 4.78 is 5.96. The van der Waals surface area contributed by atoms with Gasteiger partial charge in [-0.2, -0.15) is 0 Å². The molecule has 2 aromatic carbocycles. The number of hydrogen-bond acceptors (Lipinski definition) is 2. The Labute approximate surface area is 120 Å². The van der Waals surface area contributed by atoms with Crippen molar-refractivity contribution in [3.63, 3.8) is 0 Å². The molecule has 2 atom stereocenters. The van der Waals surface area contributed by atoms with E-state index in [1.165, 1.54) is 11.1 Å². The number of aliphatic hydroxyl groups is 1. The van der Waals surface area contributed by atoms with Crippen LogP contribution in [0.15, 0.2) is 54.6 Å². The van der Waals surface area contributed by atoms with E-state index >= 15 is 0 Å². The molecule has 0 spiro atoms. The van der Waals surface area contributed by atoms with Crippen LogP contribution in [0, 0.1) is 0 Å². The lowest BCUT2D eigenvalue weighted by Gasteiger charge is -2.26. The average Bonchev–Trinajstić information content (AvgIpc) is 2.49. The third kappa shape index (κ3) is 3.20. The van der Waals surface area contributed by atoms with E-state index in [9.17, 15) is 5.11 Å². The van der Waals surface area contributed by atoms with Crippen LogP contribution in [0.5, 0.6) is 5.75 Å². The van der Waals surface area contributed by atoms with Crippen molar-refractivity contribution in [3.8, 4) is 16.9 Å². The second-order valence-electron chi connectivity index (χ2n) is 5.45. The predicted molar refractivity (Wildman–Crippen MR) is 80.8 cm³/mol. The van der Waals surface area contributed by atoms with Crippen LogP contribution in [0.25, 0.3) is 11.1 Å². The smallest absolute Gasteiger partial charge is 0.119 e. The van der Waals surface area contributed by atoms with Crippen LogP contribution in [0.4, 0.5) is 0 Å². The van der Waals surface area contributed by atoms with Gasteiger partial charge in [0.15, 0.2) is 0 Å². The second kappa shape index (κ2) is 6.10. The van der Waals surface area contributed by atoms with E-state index in [-0.39, 0.29) is 12.2 Å². The molecule has 0 heterocycles. The number of rotatable bonds is 3. The highest BCUT2D eigenvalue weighted by Crippen LogP contribution is 2.26. The second-order valence-corrected chi connectivity index (χ2v) is 5.45. The highest BCUT2D eigenvalue weighted by atomic mass is 16.5. The van der Waals surface area contributed by atoms with E-state index in [4.69, 9.17) is 4.74 Å². The van der Waals surface area contributed by atoms with E-state index in [0.717, 1.165) is 31.4 Å². The molecule has 1 saturated carbocycles. The lowest BCUT2D eigenvalue weighted by atomic mass is 9.95. The van der Waals surface area contributed by atoms with Crippen molar-refractivity contribution in [2.75, 3.05) is 0 Å². The predicted octanol–water partition coefficient (Wildman–Crippen LogP) is 4.04. The van der Waals surface area contributed by atoms with Gasteiger partial charge in [-0.25, -0.2) is 0 Å². The van der Waals surface area contributed by atoms with Gasteiger partial charge in [0.05, 0.1) is 6.10 Å². The van der Waals surface area contributed by atoms with Gasteiger partial charge in [0, 0.05) is 6.42 Å². The molecule has 1 fully saturated rings. The Bertz CT molecular complexity index is 533. The minimum absolute atomic E-state index is 0.154. The molecule has 3 rings (SSSR count). The SMILES string of the molecule is O[C@H]1CCC[C@H](Oc2ccc(-c3ccccc3)cc2)C1. The monoisotopic (exact) mass is 268 g/mol. The minimum Gasteiger partial charge on any atom is -0.490 e. The third-order valence-electron chi connectivity index (χ3n) is 3.86. The molecule has 104 valence electrons. The molecule has 0 aromatic heterocycles. The van der Waals surface area contributed by atoms with Gasteiger partial charge >= 0.3 is 0 Å². The summed E-state index contributed by atoms with van der Waals surface area (Å²) in [6, 6.07) is 18.5. The molecule has 2 aromatic rings. The lowest BCUT2D eigenvalue weighted by molar-refractivity contribution is 0.0536. The van der Waals surface area contributed by atoms with Crippen LogP contribution >= 0.6 is 0 Å². The Morgan fingerprint density at radius 1 is 0.850 bits per heavy atom. The summed E-state index contributed by atoms with van der Waals surface area (Å²) in [5.74, 6) is 0.892. The van der Waals surface area contributed by atoms with Gasteiger partial charge in [-0.15, -0.1) is 0 Å². The maximum absolute atomic E-state index is 9.67. The molecule has 2 nitrogen and oxygen atoms in total. The highest BCUT2D eigenvalue weighted by molar-refractivity contribution is 5.63. The van der Waals surface area contributed by atoms with E-state index in [1.807, 2.05) is 30.3 Å². The number of ether oxygens (including phenoxy) is 1. The van der Waals surface area contributed by atoms with Gasteiger partial charge < -0.3 is 9.84 Å². The summed E-state index contributed by atoms with van der Waals surface area (Å²) in [6.07, 6.45) is 3.71. The zero-order chi connectivity index (χ0) is 13.8. The standard InChI is InChI=1S/C18H20O2/c19-16-7-4-8-18(13-16)20-17-11-9-15(10-12-17)14-5-2-1-3-6-14/h1-3,5-6,9-12,16,18-19H,4,7-8,13H2/t16-,18-/m0/s1. The molecular formula is C18H20O2. The molecule has 1 aliphatic rings. The van der Waals surface area contributed by atoms with Crippen molar-refractivity contribution >= 4 is 0 Å². The van der Waals surface area contributed by atoms with Crippen molar-refractivity contribution in [1.29, 1.82) is 0 Å². The van der Waals surface area contributed by atoms with Crippen molar-refractivity contribution in [2.24, 2.45) is 0 Å². The molecule has 0 unspecified atom stereocenters. The fourth-order valence-electron chi connectivity index (χ4n) is 2.78. The summed E-state index contributed by atoms with van der Waals surface area (Å²) in [5, 5.41) is 9.67. The topological polar surface area (TPSA) is 29.5 Å². The number of benzene rings is 2. The van der Waals surface area contributed by atoms with Gasteiger partial charge in [-0.1, -0.05) is 42.5 Å². The van der Waals surface area contributed by atoms with Crippen LogP contribution in [0.3, 0.4) is 0 Å². The van der Waals surface area contributed by atoms with Crippen LogP contribution in [-0.2, 0) is 0 Å². The molecule has 0 amide bonds. The van der Waals surface area contributed by atoms with E-state index in [1.54, 1.807) is 0 Å². The first-order valence-corrected chi connectivity index (χ1v) is 7.31. The Hall–Kier alpha value is -1.80. The lowest BCUT2D eigenvalue weighted by Crippen LogP contribution is -2.28. The first-order chi connectivity index (χ1) is 9.81.